The highest BCUT2D eigenvalue weighted by atomic mass is 19.1. The van der Waals surface area contributed by atoms with E-state index in [9.17, 15) is 13.6 Å². The van der Waals surface area contributed by atoms with Crippen LogP contribution in [0.3, 0.4) is 0 Å². The summed E-state index contributed by atoms with van der Waals surface area (Å²) in [6.45, 7) is 8.06. The average molecular weight is 420 g/mol. The second-order valence-electron chi connectivity index (χ2n) is 9.05. The molecule has 0 spiro atoms. The van der Waals surface area contributed by atoms with Crippen LogP contribution < -0.4 is 0 Å². The lowest BCUT2D eigenvalue weighted by Gasteiger charge is -2.70. The second kappa shape index (κ2) is 6.00. The van der Waals surface area contributed by atoms with Crippen LogP contribution in [0.5, 0.6) is 0 Å². The normalized spacial score (nSPS) is 28.4. The van der Waals surface area contributed by atoms with Gasteiger partial charge in [-0.2, -0.15) is 10.2 Å². The van der Waals surface area contributed by atoms with Crippen LogP contribution in [0, 0.1) is 29.0 Å². The Morgan fingerprint density at radius 2 is 1.94 bits per heavy atom. The second-order valence-corrected chi connectivity index (χ2v) is 9.05. The predicted octanol–water partition coefficient (Wildman–Crippen LogP) is 4.09. The average Bonchev–Trinajstić information content (AvgIpc) is 3.38. The van der Waals surface area contributed by atoms with Gasteiger partial charge < -0.3 is 4.57 Å². The number of benzene rings is 1. The summed E-state index contributed by atoms with van der Waals surface area (Å²) in [5.41, 5.74) is 1.30. The summed E-state index contributed by atoms with van der Waals surface area (Å²) in [5, 5.41) is 9.85. The largest absolute Gasteiger partial charge is 0.339 e. The minimum Gasteiger partial charge on any atom is -0.339 e. The molecule has 3 heterocycles. The Labute approximate surface area is 176 Å². The lowest BCUT2D eigenvalue weighted by atomic mass is 9.34. The van der Waals surface area contributed by atoms with Crippen molar-refractivity contribution in [2.24, 2.45) is 15.9 Å². The van der Waals surface area contributed by atoms with Crippen molar-refractivity contribution in [1.82, 2.24) is 19.2 Å². The number of halogens is 2. The molecule has 1 atom stereocenters. The molecular formula is C22H18F2N6O. The van der Waals surface area contributed by atoms with Gasteiger partial charge in [-0.3, -0.25) is 4.79 Å². The molecule has 2 bridgehead atoms. The van der Waals surface area contributed by atoms with E-state index in [0.717, 1.165) is 37.5 Å². The van der Waals surface area contributed by atoms with Crippen molar-refractivity contribution in [3.8, 4) is 0 Å². The molecule has 3 aliphatic carbocycles. The van der Waals surface area contributed by atoms with Gasteiger partial charge in [-0.05, 0) is 42.4 Å². The highest BCUT2D eigenvalue weighted by molar-refractivity contribution is 5.88. The molecule has 4 aliphatic rings. The number of carbonyl (C=O) groups excluding carboxylic acids is 1. The maximum Gasteiger partial charge on any atom is 0.249 e. The van der Waals surface area contributed by atoms with Gasteiger partial charge in [0.15, 0.2) is 0 Å². The Morgan fingerprint density at radius 3 is 2.65 bits per heavy atom. The molecule has 9 heteroatoms. The number of amides is 1. The molecule has 0 N–H and O–H groups in total. The van der Waals surface area contributed by atoms with Gasteiger partial charge in [0.05, 0.1) is 24.2 Å². The summed E-state index contributed by atoms with van der Waals surface area (Å²) in [6.07, 6.45) is 9.64. The van der Waals surface area contributed by atoms with E-state index in [1.165, 1.54) is 17.1 Å². The third kappa shape index (κ3) is 2.51. The minimum atomic E-state index is -0.657. The summed E-state index contributed by atoms with van der Waals surface area (Å²) in [4.78, 5) is 16.9. The summed E-state index contributed by atoms with van der Waals surface area (Å²) in [7, 11) is 0. The molecule has 1 amide bonds. The van der Waals surface area contributed by atoms with Crippen molar-refractivity contribution in [3.05, 3.63) is 65.4 Å². The zero-order valence-electron chi connectivity index (χ0n) is 16.5. The molecule has 7 rings (SSSR count). The number of aromatic nitrogens is 3. The number of imidazole rings is 1. The molecule has 3 saturated carbocycles. The van der Waals surface area contributed by atoms with Crippen LogP contribution in [-0.4, -0.2) is 31.3 Å². The van der Waals surface area contributed by atoms with Gasteiger partial charge in [0.1, 0.15) is 17.3 Å². The number of nitrogens with zero attached hydrogens (tertiary/aromatic N) is 6. The van der Waals surface area contributed by atoms with Gasteiger partial charge >= 0.3 is 0 Å². The zero-order chi connectivity index (χ0) is 21.4. The van der Waals surface area contributed by atoms with Crippen LogP contribution >= 0.6 is 0 Å². The highest BCUT2D eigenvalue weighted by Gasteiger charge is 2.72. The highest BCUT2D eigenvalue weighted by Crippen LogP contribution is 2.74. The van der Waals surface area contributed by atoms with Crippen LogP contribution in [0.1, 0.15) is 37.3 Å². The molecule has 1 unspecified atom stereocenters. The number of hydrogen-bond acceptors (Lipinski definition) is 3. The topological polar surface area (TPSA) is 59.3 Å². The van der Waals surface area contributed by atoms with E-state index in [2.05, 4.69) is 15.0 Å². The first kappa shape index (κ1) is 18.2. The summed E-state index contributed by atoms with van der Waals surface area (Å²) in [5.74, 6) is -1.38. The Balaban J connectivity index is 1.19. The van der Waals surface area contributed by atoms with E-state index in [4.69, 9.17) is 6.57 Å². The van der Waals surface area contributed by atoms with Crippen LogP contribution in [0.2, 0.25) is 0 Å². The molecule has 31 heavy (non-hydrogen) atoms. The standard InChI is InChI=1S/C22H18F2N6O/c1-25-17-9-27-29-5-4-28(19(17)29)13-21-10-22(11-21,12-21)20(31)30-18(2-3-26-30)14-6-15(23)8-16(24)7-14/h3-9,18H,2,10-13H2. The monoisotopic (exact) mass is 420 g/mol. The zero-order valence-corrected chi connectivity index (χ0v) is 16.5. The summed E-state index contributed by atoms with van der Waals surface area (Å²) < 4.78 is 31.1. The van der Waals surface area contributed by atoms with Gasteiger partial charge in [-0.25, -0.2) is 23.2 Å². The molecule has 2 aromatic heterocycles. The first-order valence-electron chi connectivity index (χ1n) is 10.1. The summed E-state index contributed by atoms with van der Waals surface area (Å²) >= 11 is 0. The molecule has 3 aromatic rings. The first-order valence-corrected chi connectivity index (χ1v) is 10.1. The van der Waals surface area contributed by atoms with Crippen molar-refractivity contribution >= 4 is 23.5 Å². The summed E-state index contributed by atoms with van der Waals surface area (Å²) in [6, 6.07) is 2.89. The molecule has 7 nitrogen and oxygen atoms in total. The lowest BCUT2D eigenvalue weighted by molar-refractivity contribution is -0.222. The van der Waals surface area contributed by atoms with Gasteiger partial charge in [-0.1, -0.05) is 0 Å². The van der Waals surface area contributed by atoms with Crippen molar-refractivity contribution in [2.75, 3.05) is 0 Å². The van der Waals surface area contributed by atoms with Crippen LogP contribution in [0.15, 0.2) is 41.9 Å². The van der Waals surface area contributed by atoms with Crippen molar-refractivity contribution in [2.45, 2.75) is 38.3 Å². The molecule has 156 valence electrons. The molecule has 3 fully saturated rings. The smallest absolute Gasteiger partial charge is 0.249 e. The minimum absolute atomic E-state index is 0.0304. The lowest BCUT2D eigenvalue weighted by Crippen LogP contribution is -2.68. The fraction of sp³-hybridized carbons (Fsp3) is 0.364. The van der Waals surface area contributed by atoms with E-state index in [0.29, 0.717) is 17.7 Å². The Hall–Kier alpha value is -3.54. The third-order valence-electron chi connectivity index (χ3n) is 6.94. The van der Waals surface area contributed by atoms with E-state index in [1.54, 1.807) is 16.9 Å². The van der Waals surface area contributed by atoms with Gasteiger partial charge in [0.25, 0.3) is 0 Å². The predicted molar refractivity (Wildman–Crippen MR) is 107 cm³/mol. The number of fused-ring (bicyclic) bond motifs is 1. The van der Waals surface area contributed by atoms with Crippen molar-refractivity contribution < 1.29 is 13.6 Å². The van der Waals surface area contributed by atoms with Crippen LogP contribution in [0.25, 0.3) is 10.5 Å². The first-order chi connectivity index (χ1) is 14.9. The maximum absolute atomic E-state index is 13.7. The van der Waals surface area contributed by atoms with Crippen LogP contribution in [-0.2, 0) is 11.3 Å². The maximum atomic E-state index is 13.7. The van der Waals surface area contributed by atoms with E-state index in [-0.39, 0.29) is 11.3 Å². The van der Waals surface area contributed by atoms with Crippen LogP contribution in [0.4, 0.5) is 14.5 Å². The number of rotatable bonds is 4. The number of hydrogen-bond donors (Lipinski definition) is 0. The molecule has 1 aromatic carbocycles. The molecule has 0 saturated heterocycles. The number of hydrazone groups is 1. The number of carbonyl (C=O) groups is 1. The van der Waals surface area contributed by atoms with E-state index < -0.39 is 23.1 Å². The molecular weight excluding hydrogens is 402 g/mol. The Bertz CT molecular complexity index is 1280. The van der Waals surface area contributed by atoms with Gasteiger partial charge in [-0.15, -0.1) is 0 Å². The van der Waals surface area contributed by atoms with Gasteiger partial charge in [0, 0.05) is 37.6 Å². The van der Waals surface area contributed by atoms with Crippen molar-refractivity contribution in [3.63, 3.8) is 0 Å². The van der Waals surface area contributed by atoms with Gasteiger partial charge in [0.2, 0.25) is 11.6 Å². The van der Waals surface area contributed by atoms with E-state index in [1.807, 2.05) is 17.0 Å². The van der Waals surface area contributed by atoms with Crippen molar-refractivity contribution in [1.29, 1.82) is 0 Å². The van der Waals surface area contributed by atoms with E-state index >= 15 is 0 Å². The molecule has 0 radical (unpaired) electrons. The fourth-order valence-corrected chi connectivity index (χ4v) is 5.81. The molecule has 1 aliphatic heterocycles. The quantitative estimate of drug-likeness (QED) is 0.597. The Kier molecular flexibility index (Phi) is 3.53. The SMILES string of the molecule is [C-]#[N+]c1cnn2ccn(CC34CC(C(=O)N5N=CCC5c5cc(F)cc(F)c5)(C3)C4)c12. The third-order valence-corrected chi connectivity index (χ3v) is 6.94. The fourth-order valence-electron chi connectivity index (χ4n) is 5.81. The Morgan fingerprint density at radius 1 is 1.19 bits per heavy atom.